The van der Waals surface area contributed by atoms with Crippen LogP contribution in [0, 0.1) is 5.92 Å². The van der Waals surface area contributed by atoms with Gasteiger partial charge in [0, 0.05) is 11.7 Å². The Labute approximate surface area is 95.4 Å². The Kier molecular flexibility index (Phi) is 3.08. The van der Waals surface area contributed by atoms with Crippen molar-refractivity contribution < 1.29 is 0 Å². The summed E-state index contributed by atoms with van der Waals surface area (Å²) in [6, 6.07) is 6.52. The van der Waals surface area contributed by atoms with E-state index in [-0.39, 0.29) is 0 Å². The van der Waals surface area contributed by atoms with Gasteiger partial charge in [-0.25, -0.2) is 0 Å². The zero-order valence-electron chi connectivity index (χ0n) is 9.99. The molecule has 86 valence electrons. The lowest BCUT2D eigenvalue weighted by molar-refractivity contribution is 0.540. The van der Waals surface area contributed by atoms with E-state index in [0.717, 1.165) is 23.1 Å². The molecule has 4 heteroatoms. The summed E-state index contributed by atoms with van der Waals surface area (Å²) < 4.78 is 0. The second kappa shape index (κ2) is 4.51. The number of nitrogens with one attached hydrogen (secondary N) is 2. The van der Waals surface area contributed by atoms with Crippen LogP contribution in [0.3, 0.4) is 0 Å². The van der Waals surface area contributed by atoms with Gasteiger partial charge in [-0.05, 0) is 37.5 Å². The first-order chi connectivity index (χ1) is 7.65. The lowest BCUT2D eigenvalue weighted by atomic mass is 10.1. The fourth-order valence-electron chi connectivity index (χ4n) is 1.98. The summed E-state index contributed by atoms with van der Waals surface area (Å²) in [5, 5.41) is 14.2. The molecule has 2 rings (SSSR count). The molecule has 0 aliphatic carbocycles. The Balaban J connectivity index is 2.08. The van der Waals surface area contributed by atoms with Crippen LogP contribution in [0.15, 0.2) is 18.2 Å². The van der Waals surface area contributed by atoms with Gasteiger partial charge in [0.25, 0.3) is 0 Å². The number of hydrogen-bond acceptors (Lipinski definition) is 3. The summed E-state index contributed by atoms with van der Waals surface area (Å²) in [5.41, 5.74) is 2.92. The van der Waals surface area contributed by atoms with Crippen molar-refractivity contribution in [3.63, 3.8) is 0 Å². The van der Waals surface area contributed by atoms with Crippen molar-refractivity contribution in [3.05, 3.63) is 18.2 Å². The lowest BCUT2D eigenvalue weighted by Crippen LogP contribution is -2.17. The number of benzene rings is 1. The van der Waals surface area contributed by atoms with Crippen LogP contribution in [-0.4, -0.2) is 21.5 Å². The minimum absolute atomic E-state index is 0.476. The van der Waals surface area contributed by atoms with Crippen molar-refractivity contribution in [2.24, 2.45) is 5.92 Å². The molecule has 0 bridgehead atoms. The third kappa shape index (κ3) is 2.51. The average molecular weight is 218 g/mol. The van der Waals surface area contributed by atoms with Gasteiger partial charge in [0.05, 0.1) is 0 Å². The molecule has 2 aromatic rings. The van der Waals surface area contributed by atoms with E-state index in [1.807, 2.05) is 18.2 Å². The van der Waals surface area contributed by atoms with Crippen LogP contribution < -0.4 is 5.32 Å². The summed E-state index contributed by atoms with van der Waals surface area (Å²) in [4.78, 5) is 0. The monoisotopic (exact) mass is 218 g/mol. The molecule has 1 unspecified atom stereocenters. The van der Waals surface area contributed by atoms with E-state index in [9.17, 15) is 0 Å². The van der Waals surface area contributed by atoms with E-state index in [1.54, 1.807) is 0 Å². The predicted octanol–water partition coefficient (Wildman–Crippen LogP) is 2.80. The van der Waals surface area contributed by atoms with Crippen molar-refractivity contribution >= 4 is 16.7 Å². The van der Waals surface area contributed by atoms with Crippen LogP contribution in [0.2, 0.25) is 0 Å². The smallest absolute Gasteiger partial charge is 0.115 e. The molecule has 1 aromatic carbocycles. The van der Waals surface area contributed by atoms with Crippen molar-refractivity contribution in [1.82, 2.24) is 15.4 Å². The molecule has 1 heterocycles. The summed E-state index contributed by atoms with van der Waals surface area (Å²) in [6.07, 6.45) is 1.16. The largest absolute Gasteiger partial charge is 0.383 e. The molecule has 0 saturated heterocycles. The Morgan fingerprint density at radius 1 is 1.19 bits per heavy atom. The molecule has 0 aliphatic rings. The first kappa shape index (κ1) is 10.9. The van der Waals surface area contributed by atoms with E-state index >= 15 is 0 Å². The van der Waals surface area contributed by atoms with Crippen molar-refractivity contribution in [2.45, 2.75) is 33.2 Å². The second-order valence-corrected chi connectivity index (χ2v) is 4.70. The lowest BCUT2D eigenvalue weighted by Gasteiger charge is -2.16. The second-order valence-electron chi connectivity index (χ2n) is 4.70. The molecule has 2 N–H and O–H groups in total. The molecule has 0 amide bonds. The topological polar surface area (TPSA) is 53.6 Å². The van der Waals surface area contributed by atoms with Crippen LogP contribution in [0.5, 0.6) is 0 Å². The highest BCUT2D eigenvalue weighted by molar-refractivity contribution is 5.77. The van der Waals surface area contributed by atoms with E-state index in [2.05, 4.69) is 41.5 Å². The number of nitrogens with zero attached hydrogens (tertiary/aromatic N) is 2. The molecular weight excluding hydrogens is 200 g/mol. The molecule has 1 atom stereocenters. The SMILES string of the molecule is CC(C)CC(C)Nc1ccc2n[nH]nc2c1. The minimum atomic E-state index is 0.476. The Morgan fingerprint density at radius 2 is 1.94 bits per heavy atom. The fourth-order valence-corrected chi connectivity index (χ4v) is 1.98. The van der Waals surface area contributed by atoms with Gasteiger partial charge in [-0.2, -0.15) is 15.4 Å². The maximum Gasteiger partial charge on any atom is 0.115 e. The zero-order valence-corrected chi connectivity index (χ0v) is 9.99. The summed E-state index contributed by atoms with van der Waals surface area (Å²) in [7, 11) is 0. The van der Waals surface area contributed by atoms with Gasteiger partial charge >= 0.3 is 0 Å². The number of rotatable bonds is 4. The van der Waals surface area contributed by atoms with Gasteiger partial charge < -0.3 is 5.32 Å². The minimum Gasteiger partial charge on any atom is -0.383 e. The van der Waals surface area contributed by atoms with Crippen LogP contribution in [0.4, 0.5) is 5.69 Å². The van der Waals surface area contributed by atoms with Crippen molar-refractivity contribution in [2.75, 3.05) is 5.32 Å². The number of hydrogen-bond donors (Lipinski definition) is 2. The van der Waals surface area contributed by atoms with Gasteiger partial charge in [0.2, 0.25) is 0 Å². The quantitative estimate of drug-likeness (QED) is 0.829. The fraction of sp³-hybridized carbons (Fsp3) is 0.500. The van der Waals surface area contributed by atoms with Crippen molar-refractivity contribution in [1.29, 1.82) is 0 Å². The van der Waals surface area contributed by atoms with E-state index in [4.69, 9.17) is 0 Å². The molecule has 1 aromatic heterocycles. The molecule has 0 spiro atoms. The van der Waals surface area contributed by atoms with Crippen LogP contribution in [0.25, 0.3) is 11.0 Å². The van der Waals surface area contributed by atoms with E-state index in [0.29, 0.717) is 12.0 Å². The highest BCUT2D eigenvalue weighted by Crippen LogP contribution is 2.17. The molecule has 0 aliphatic heterocycles. The maximum atomic E-state index is 4.07. The molecule has 0 saturated carbocycles. The number of aromatic nitrogens is 3. The highest BCUT2D eigenvalue weighted by atomic mass is 15.3. The summed E-state index contributed by atoms with van der Waals surface area (Å²) >= 11 is 0. The third-order valence-electron chi connectivity index (χ3n) is 2.55. The standard InChI is InChI=1S/C12H18N4/c1-8(2)6-9(3)13-10-4-5-11-12(7-10)15-16-14-11/h4-5,7-9,13H,6H2,1-3H3,(H,14,15,16). The van der Waals surface area contributed by atoms with Crippen LogP contribution >= 0.6 is 0 Å². The first-order valence-corrected chi connectivity index (χ1v) is 5.72. The van der Waals surface area contributed by atoms with Gasteiger partial charge in [-0.3, -0.25) is 0 Å². The molecule has 4 nitrogen and oxygen atoms in total. The van der Waals surface area contributed by atoms with Gasteiger partial charge in [-0.1, -0.05) is 13.8 Å². The predicted molar refractivity (Wildman–Crippen MR) is 66.4 cm³/mol. The highest BCUT2D eigenvalue weighted by Gasteiger charge is 2.06. The normalized spacial score (nSPS) is 13.2. The van der Waals surface area contributed by atoms with Gasteiger partial charge in [0.15, 0.2) is 0 Å². The molecular formula is C12H18N4. The van der Waals surface area contributed by atoms with Crippen LogP contribution in [-0.2, 0) is 0 Å². The van der Waals surface area contributed by atoms with Gasteiger partial charge in [0.1, 0.15) is 11.0 Å². The summed E-state index contributed by atoms with van der Waals surface area (Å²) in [6.45, 7) is 6.67. The molecule has 0 fully saturated rings. The van der Waals surface area contributed by atoms with Crippen LogP contribution in [0.1, 0.15) is 27.2 Å². The van der Waals surface area contributed by atoms with Crippen molar-refractivity contribution in [3.8, 4) is 0 Å². The molecule has 0 radical (unpaired) electrons. The first-order valence-electron chi connectivity index (χ1n) is 5.72. The Hall–Kier alpha value is -1.58. The number of fused-ring (bicyclic) bond motifs is 1. The number of anilines is 1. The average Bonchev–Trinajstić information content (AvgIpc) is 2.63. The third-order valence-corrected chi connectivity index (χ3v) is 2.55. The van der Waals surface area contributed by atoms with E-state index < -0.39 is 0 Å². The zero-order chi connectivity index (χ0) is 11.5. The van der Waals surface area contributed by atoms with Gasteiger partial charge in [-0.15, -0.1) is 0 Å². The number of H-pyrrole nitrogens is 1. The maximum absolute atomic E-state index is 4.07. The summed E-state index contributed by atoms with van der Waals surface area (Å²) in [5.74, 6) is 0.707. The Bertz CT molecular complexity index is 461. The molecule has 16 heavy (non-hydrogen) atoms. The van der Waals surface area contributed by atoms with E-state index in [1.165, 1.54) is 0 Å². The number of aromatic amines is 1. The Morgan fingerprint density at radius 3 is 2.69 bits per heavy atom.